The van der Waals surface area contributed by atoms with E-state index in [-0.39, 0.29) is 0 Å². The second-order valence-corrected chi connectivity index (χ2v) is 3.45. The molecule has 0 amide bonds. The SMILES string of the molecule is CCC(C)CC(NC)=C(C)C. The van der Waals surface area contributed by atoms with Crippen LogP contribution in [0.4, 0.5) is 0 Å². The molecule has 1 nitrogen and oxygen atoms in total. The van der Waals surface area contributed by atoms with Crippen molar-refractivity contribution < 1.29 is 0 Å². The fourth-order valence-electron chi connectivity index (χ4n) is 1.05. The Morgan fingerprint density at radius 3 is 2.18 bits per heavy atom. The van der Waals surface area contributed by atoms with E-state index < -0.39 is 0 Å². The normalized spacial score (nSPS) is 12.5. The Morgan fingerprint density at radius 2 is 1.91 bits per heavy atom. The van der Waals surface area contributed by atoms with Gasteiger partial charge in [0.2, 0.25) is 0 Å². The Balaban J connectivity index is 3.99. The Morgan fingerprint density at radius 1 is 1.36 bits per heavy atom. The summed E-state index contributed by atoms with van der Waals surface area (Å²) in [4.78, 5) is 0. The van der Waals surface area contributed by atoms with Crippen molar-refractivity contribution in [2.24, 2.45) is 5.92 Å². The lowest BCUT2D eigenvalue weighted by Gasteiger charge is -2.13. The number of hydrogen-bond acceptors (Lipinski definition) is 1. The summed E-state index contributed by atoms with van der Waals surface area (Å²) in [6.07, 6.45) is 2.45. The van der Waals surface area contributed by atoms with E-state index in [0.29, 0.717) is 0 Å². The van der Waals surface area contributed by atoms with E-state index in [1.807, 2.05) is 7.05 Å². The molecule has 0 spiro atoms. The average molecular weight is 155 g/mol. The van der Waals surface area contributed by atoms with Crippen molar-refractivity contribution in [3.8, 4) is 0 Å². The van der Waals surface area contributed by atoms with E-state index in [0.717, 1.165) is 5.92 Å². The second-order valence-electron chi connectivity index (χ2n) is 3.45. The molecule has 1 unspecified atom stereocenters. The molecule has 1 atom stereocenters. The third kappa shape index (κ3) is 4.07. The van der Waals surface area contributed by atoms with Crippen molar-refractivity contribution in [2.45, 2.75) is 40.5 Å². The summed E-state index contributed by atoms with van der Waals surface area (Å²) in [5.41, 5.74) is 2.81. The zero-order valence-electron chi connectivity index (χ0n) is 8.49. The van der Waals surface area contributed by atoms with Gasteiger partial charge in [-0.05, 0) is 26.2 Å². The second kappa shape index (κ2) is 5.22. The molecular weight excluding hydrogens is 134 g/mol. The van der Waals surface area contributed by atoms with Gasteiger partial charge in [-0.1, -0.05) is 25.8 Å². The number of nitrogens with one attached hydrogen (secondary N) is 1. The first kappa shape index (κ1) is 10.5. The van der Waals surface area contributed by atoms with Gasteiger partial charge in [0.15, 0.2) is 0 Å². The van der Waals surface area contributed by atoms with E-state index in [1.54, 1.807) is 0 Å². The first-order chi connectivity index (χ1) is 5.11. The maximum atomic E-state index is 3.25. The van der Waals surface area contributed by atoms with Crippen LogP contribution >= 0.6 is 0 Å². The first-order valence-corrected chi connectivity index (χ1v) is 4.45. The molecule has 0 aromatic rings. The monoisotopic (exact) mass is 155 g/mol. The van der Waals surface area contributed by atoms with E-state index >= 15 is 0 Å². The first-order valence-electron chi connectivity index (χ1n) is 4.45. The molecule has 1 N–H and O–H groups in total. The molecule has 66 valence electrons. The summed E-state index contributed by atoms with van der Waals surface area (Å²) in [5, 5.41) is 3.25. The molecule has 0 rings (SSSR count). The quantitative estimate of drug-likeness (QED) is 0.658. The molecule has 0 heterocycles. The van der Waals surface area contributed by atoms with Gasteiger partial charge in [-0.15, -0.1) is 0 Å². The third-order valence-corrected chi connectivity index (χ3v) is 2.15. The van der Waals surface area contributed by atoms with E-state index in [2.05, 4.69) is 33.0 Å². The molecule has 1 heteroatoms. The molecule has 0 aromatic carbocycles. The van der Waals surface area contributed by atoms with E-state index in [9.17, 15) is 0 Å². The van der Waals surface area contributed by atoms with Crippen LogP contribution in [0.2, 0.25) is 0 Å². The highest BCUT2D eigenvalue weighted by molar-refractivity contribution is 5.07. The predicted octanol–water partition coefficient (Wildman–Crippen LogP) is 2.94. The van der Waals surface area contributed by atoms with Crippen LogP contribution in [-0.4, -0.2) is 7.05 Å². The van der Waals surface area contributed by atoms with Crippen LogP contribution in [0.5, 0.6) is 0 Å². The minimum Gasteiger partial charge on any atom is -0.391 e. The van der Waals surface area contributed by atoms with Crippen LogP contribution in [0.3, 0.4) is 0 Å². The van der Waals surface area contributed by atoms with Crippen LogP contribution in [0.1, 0.15) is 40.5 Å². The van der Waals surface area contributed by atoms with Crippen LogP contribution in [-0.2, 0) is 0 Å². The Labute approximate surface area is 70.9 Å². The van der Waals surface area contributed by atoms with Crippen LogP contribution in [0, 0.1) is 5.92 Å². The average Bonchev–Trinajstić information content (AvgIpc) is 1.99. The minimum absolute atomic E-state index is 0.798. The van der Waals surface area contributed by atoms with Crippen LogP contribution in [0.25, 0.3) is 0 Å². The molecule has 0 radical (unpaired) electrons. The highest BCUT2D eigenvalue weighted by Crippen LogP contribution is 2.14. The van der Waals surface area contributed by atoms with Gasteiger partial charge >= 0.3 is 0 Å². The zero-order valence-corrected chi connectivity index (χ0v) is 8.49. The Hall–Kier alpha value is -0.460. The maximum absolute atomic E-state index is 3.25. The van der Waals surface area contributed by atoms with E-state index in [4.69, 9.17) is 0 Å². The van der Waals surface area contributed by atoms with Crippen molar-refractivity contribution in [3.63, 3.8) is 0 Å². The van der Waals surface area contributed by atoms with Gasteiger partial charge in [-0.3, -0.25) is 0 Å². The lowest BCUT2D eigenvalue weighted by molar-refractivity contribution is 0.539. The van der Waals surface area contributed by atoms with Crippen molar-refractivity contribution in [1.29, 1.82) is 0 Å². The van der Waals surface area contributed by atoms with Gasteiger partial charge in [-0.25, -0.2) is 0 Å². The molecule has 0 saturated heterocycles. The van der Waals surface area contributed by atoms with Gasteiger partial charge in [0.05, 0.1) is 0 Å². The van der Waals surface area contributed by atoms with Gasteiger partial charge in [0.1, 0.15) is 0 Å². The smallest absolute Gasteiger partial charge is 0.00929 e. The van der Waals surface area contributed by atoms with Crippen molar-refractivity contribution >= 4 is 0 Å². The number of hydrogen-bond donors (Lipinski definition) is 1. The lowest BCUT2D eigenvalue weighted by Crippen LogP contribution is -2.10. The summed E-state index contributed by atoms with van der Waals surface area (Å²) in [5.74, 6) is 0.798. The number of allylic oxidation sites excluding steroid dienone is 2. The molecular formula is C10H21N. The highest BCUT2D eigenvalue weighted by atomic mass is 14.8. The molecule has 0 aliphatic heterocycles. The summed E-state index contributed by atoms with van der Waals surface area (Å²) in [6.45, 7) is 8.85. The maximum Gasteiger partial charge on any atom is 0.00929 e. The van der Waals surface area contributed by atoms with Crippen molar-refractivity contribution in [3.05, 3.63) is 11.3 Å². The Kier molecular flexibility index (Phi) is 5.01. The van der Waals surface area contributed by atoms with Gasteiger partial charge in [0, 0.05) is 12.7 Å². The third-order valence-electron chi connectivity index (χ3n) is 2.15. The fraction of sp³-hybridized carbons (Fsp3) is 0.800. The van der Waals surface area contributed by atoms with Crippen molar-refractivity contribution in [2.75, 3.05) is 7.05 Å². The summed E-state index contributed by atoms with van der Waals surface area (Å²) in [6, 6.07) is 0. The van der Waals surface area contributed by atoms with Crippen LogP contribution < -0.4 is 5.32 Å². The molecule has 0 bridgehead atoms. The molecule has 0 aromatic heterocycles. The van der Waals surface area contributed by atoms with Crippen LogP contribution in [0.15, 0.2) is 11.3 Å². The topological polar surface area (TPSA) is 12.0 Å². The largest absolute Gasteiger partial charge is 0.391 e. The van der Waals surface area contributed by atoms with Gasteiger partial charge < -0.3 is 5.32 Å². The summed E-state index contributed by atoms with van der Waals surface area (Å²) in [7, 11) is 2.00. The standard InChI is InChI=1S/C10H21N/c1-6-9(4)7-10(11-5)8(2)3/h9,11H,6-7H2,1-5H3. The zero-order chi connectivity index (χ0) is 8.85. The van der Waals surface area contributed by atoms with Crippen molar-refractivity contribution in [1.82, 2.24) is 5.32 Å². The highest BCUT2D eigenvalue weighted by Gasteiger charge is 2.02. The summed E-state index contributed by atoms with van der Waals surface area (Å²) < 4.78 is 0. The van der Waals surface area contributed by atoms with Gasteiger partial charge in [0.25, 0.3) is 0 Å². The summed E-state index contributed by atoms with van der Waals surface area (Å²) >= 11 is 0. The predicted molar refractivity (Wildman–Crippen MR) is 51.5 cm³/mol. The molecule has 0 saturated carbocycles. The molecule has 11 heavy (non-hydrogen) atoms. The molecule has 0 fully saturated rings. The molecule has 0 aliphatic carbocycles. The lowest BCUT2D eigenvalue weighted by atomic mass is 10.0. The number of rotatable bonds is 4. The van der Waals surface area contributed by atoms with Gasteiger partial charge in [-0.2, -0.15) is 0 Å². The fourth-order valence-corrected chi connectivity index (χ4v) is 1.05. The minimum atomic E-state index is 0.798. The Bertz CT molecular complexity index is 132. The van der Waals surface area contributed by atoms with E-state index in [1.165, 1.54) is 24.1 Å². The molecule has 0 aliphatic rings.